The first-order chi connectivity index (χ1) is 13.8. The van der Waals surface area contributed by atoms with Gasteiger partial charge in [-0.2, -0.15) is 0 Å². The fourth-order valence-electron chi connectivity index (χ4n) is 3.84. The van der Waals surface area contributed by atoms with Crippen LogP contribution in [-0.2, 0) is 20.8 Å². The fraction of sp³-hybridized carbons (Fsp3) is 0.571. The van der Waals surface area contributed by atoms with Crippen LogP contribution >= 0.6 is 0 Å². The summed E-state index contributed by atoms with van der Waals surface area (Å²) in [5.41, 5.74) is 0.754. The highest BCUT2D eigenvalue weighted by Crippen LogP contribution is 2.33. The first-order valence-corrected chi connectivity index (χ1v) is 9.83. The minimum Gasteiger partial charge on any atom is -0.497 e. The van der Waals surface area contributed by atoms with Crippen molar-refractivity contribution in [3.05, 3.63) is 29.8 Å². The second-order valence-corrected chi connectivity index (χ2v) is 7.71. The van der Waals surface area contributed by atoms with Gasteiger partial charge in [0.25, 0.3) is 5.97 Å². The molecule has 0 aliphatic carbocycles. The lowest BCUT2D eigenvalue weighted by molar-refractivity contribution is -0.144. The Balaban J connectivity index is 0.000000687. The molecule has 1 aromatic carbocycles. The average molecular weight is 405 g/mol. The number of aliphatic carboxylic acids is 1. The molecule has 8 heteroatoms. The molecule has 29 heavy (non-hydrogen) atoms. The van der Waals surface area contributed by atoms with Gasteiger partial charge >= 0.3 is 0 Å². The van der Waals surface area contributed by atoms with Gasteiger partial charge in [-0.15, -0.1) is 0 Å². The molecular weight excluding hydrogens is 374 g/mol. The molecule has 1 unspecified atom stereocenters. The van der Waals surface area contributed by atoms with Crippen molar-refractivity contribution >= 4 is 17.8 Å². The Morgan fingerprint density at radius 3 is 2.59 bits per heavy atom. The normalized spacial score (nSPS) is 19.4. The van der Waals surface area contributed by atoms with Crippen molar-refractivity contribution in [1.29, 1.82) is 0 Å². The summed E-state index contributed by atoms with van der Waals surface area (Å²) in [5.74, 6) is 0.522. The zero-order valence-electron chi connectivity index (χ0n) is 17.4. The van der Waals surface area contributed by atoms with Crippen molar-refractivity contribution in [1.82, 2.24) is 15.5 Å². The summed E-state index contributed by atoms with van der Waals surface area (Å²) in [6.45, 7) is 3.94. The second-order valence-electron chi connectivity index (χ2n) is 7.71. The number of hydrogen-bond acceptors (Lipinski definition) is 5. The number of benzene rings is 1. The highest BCUT2D eigenvalue weighted by atomic mass is 16.5. The molecule has 0 spiro atoms. The van der Waals surface area contributed by atoms with Gasteiger partial charge < -0.3 is 25.4 Å². The van der Waals surface area contributed by atoms with E-state index < -0.39 is 5.97 Å². The monoisotopic (exact) mass is 405 g/mol. The molecule has 0 bridgehead atoms. The molecule has 160 valence electrons. The number of carboxylic acid groups (broad SMARTS) is 1. The summed E-state index contributed by atoms with van der Waals surface area (Å²) in [7, 11) is 3.31. The molecule has 1 aromatic rings. The average Bonchev–Trinajstić information content (AvgIpc) is 3.12. The minimum atomic E-state index is -0.833. The number of nitrogens with zero attached hydrogens (tertiary/aromatic N) is 1. The van der Waals surface area contributed by atoms with Gasteiger partial charge in [-0.1, -0.05) is 12.1 Å². The lowest BCUT2D eigenvalue weighted by atomic mass is 9.75. The molecule has 2 aliphatic rings. The van der Waals surface area contributed by atoms with Crippen molar-refractivity contribution in [2.75, 3.05) is 40.3 Å². The predicted octanol–water partition coefficient (Wildman–Crippen LogP) is 0.903. The number of amides is 2. The topological polar surface area (TPSA) is 108 Å². The van der Waals surface area contributed by atoms with Crippen LogP contribution in [0.25, 0.3) is 0 Å². The summed E-state index contributed by atoms with van der Waals surface area (Å²) in [6, 6.07) is 7.94. The summed E-state index contributed by atoms with van der Waals surface area (Å²) in [5, 5.41) is 13.3. The SMILES string of the molecule is CC(=O)O.CNC(=O)CC1CCN(C(=O)C2(Cc3cccc(OC)c3)CNC2)C1. The summed E-state index contributed by atoms with van der Waals surface area (Å²) in [4.78, 5) is 35.7. The number of methoxy groups -OCH3 is 1. The maximum absolute atomic E-state index is 13.2. The van der Waals surface area contributed by atoms with Crippen molar-refractivity contribution in [3.63, 3.8) is 0 Å². The van der Waals surface area contributed by atoms with Crippen LogP contribution in [0.4, 0.5) is 0 Å². The highest BCUT2D eigenvalue weighted by molar-refractivity contribution is 5.85. The van der Waals surface area contributed by atoms with Gasteiger partial charge in [-0.3, -0.25) is 14.4 Å². The lowest BCUT2D eigenvalue weighted by Crippen LogP contribution is -2.63. The van der Waals surface area contributed by atoms with E-state index in [1.54, 1.807) is 14.2 Å². The molecule has 2 aliphatic heterocycles. The van der Waals surface area contributed by atoms with E-state index in [9.17, 15) is 9.59 Å². The van der Waals surface area contributed by atoms with Crippen LogP contribution in [0.5, 0.6) is 5.75 Å². The molecule has 2 saturated heterocycles. The molecule has 2 amide bonds. The Morgan fingerprint density at radius 1 is 1.34 bits per heavy atom. The number of hydrogen-bond donors (Lipinski definition) is 3. The van der Waals surface area contributed by atoms with Crippen LogP contribution < -0.4 is 15.4 Å². The van der Waals surface area contributed by atoms with Crippen molar-refractivity contribution in [2.45, 2.75) is 26.2 Å². The van der Waals surface area contributed by atoms with Gasteiger partial charge in [0.05, 0.1) is 12.5 Å². The van der Waals surface area contributed by atoms with Crippen molar-refractivity contribution in [2.24, 2.45) is 11.3 Å². The van der Waals surface area contributed by atoms with Gasteiger partial charge in [-0.25, -0.2) is 0 Å². The minimum absolute atomic E-state index is 0.0516. The van der Waals surface area contributed by atoms with Crippen molar-refractivity contribution in [3.8, 4) is 5.75 Å². The van der Waals surface area contributed by atoms with Crippen molar-refractivity contribution < 1.29 is 24.2 Å². The van der Waals surface area contributed by atoms with Crippen LogP contribution in [-0.4, -0.2) is 68.1 Å². The Morgan fingerprint density at radius 2 is 2.03 bits per heavy atom. The molecule has 0 saturated carbocycles. The molecule has 1 atom stereocenters. The van der Waals surface area contributed by atoms with Gasteiger partial charge in [0.1, 0.15) is 5.75 Å². The number of carboxylic acids is 1. The predicted molar refractivity (Wildman–Crippen MR) is 109 cm³/mol. The van der Waals surface area contributed by atoms with Crippen LogP contribution in [0.1, 0.15) is 25.3 Å². The smallest absolute Gasteiger partial charge is 0.300 e. The third-order valence-electron chi connectivity index (χ3n) is 5.38. The van der Waals surface area contributed by atoms with E-state index in [1.165, 1.54) is 0 Å². The third kappa shape index (κ3) is 6.19. The van der Waals surface area contributed by atoms with Gasteiger partial charge in [0.15, 0.2) is 0 Å². The summed E-state index contributed by atoms with van der Waals surface area (Å²) >= 11 is 0. The van der Waals surface area contributed by atoms with Gasteiger partial charge in [0, 0.05) is 46.6 Å². The number of likely N-dealkylation sites (tertiary alicyclic amines) is 1. The zero-order valence-corrected chi connectivity index (χ0v) is 17.4. The van der Waals surface area contributed by atoms with Gasteiger partial charge in [-0.05, 0) is 36.5 Å². The van der Waals surface area contributed by atoms with E-state index in [0.29, 0.717) is 32.5 Å². The first-order valence-electron chi connectivity index (χ1n) is 9.83. The Hall–Kier alpha value is -2.61. The van der Waals surface area contributed by atoms with E-state index >= 15 is 0 Å². The quantitative estimate of drug-likeness (QED) is 0.649. The number of ether oxygens (including phenoxy) is 1. The van der Waals surface area contributed by atoms with E-state index in [2.05, 4.69) is 10.6 Å². The fourth-order valence-corrected chi connectivity index (χ4v) is 3.84. The van der Waals surface area contributed by atoms with E-state index in [-0.39, 0.29) is 23.1 Å². The molecule has 0 radical (unpaired) electrons. The zero-order chi connectivity index (χ0) is 21.4. The molecule has 3 rings (SSSR count). The standard InChI is InChI=1S/C19H27N3O3.C2H4O2/c1-20-17(23)9-15-6-7-22(11-15)18(24)19(12-21-13-19)10-14-4-3-5-16(8-14)25-2;1-2(3)4/h3-5,8,15,21H,6-7,9-13H2,1-2H3,(H,20,23);1H3,(H,3,4). The van der Waals surface area contributed by atoms with Crippen LogP contribution in [0.15, 0.2) is 24.3 Å². The molecular formula is C21H31N3O5. The number of rotatable bonds is 6. The number of nitrogens with one attached hydrogen (secondary N) is 2. The van der Waals surface area contributed by atoms with Crippen LogP contribution in [0, 0.1) is 11.3 Å². The lowest BCUT2D eigenvalue weighted by Gasteiger charge is -2.43. The van der Waals surface area contributed by atoms with E-state index in [0.717, 1.165) is 31.2 Å². The molecule has 8 nitrogen and oxygen atoms in total. The largest absolute Gasteiger partial charge is 0.497 e. The Bertz CT molecular complexity index is 729. The third-order valence-corrected chi connectivity index (χ3v) is 5.38. The molecule has 2 fully saturated rings. The molecule has 3 N–H and O–H groups in total. The maximum atomic E-state index is 13.2. The Kier molecular flexibility index (Phi) is 8.01. The van der Waals surface area contributed by atoms with Crippen LogP contribution in [0.2, 0.25) is 0 Å². The summed E-state index contributed by atoms with van der Waals surface area (Å²) < 4.78 is 5.29. The first kappa shape index (κ1) is 22.7. The van der Waals surface area contributed by atoms with E-state index in [1.807, 2.05) is 29.2 Å². The molecule has 0 aromatic heterocycles. The second kappa shape index (κ2) is 10.2. The Labute approximate surface area is 171 Å². The maximum Gasteiger partial charge on any atom is 0.300 e. The number of carbonyl (C=O) groups is 3. The molecule has 2 heterocycles. The van der Waals surface area contributed by atoms with Crippen LogP contribution in [0.3, 0.4) is 0 Å². The van der Waals surface area contributed by atoms with E-state index in [4.69, 9.17) is 14.6 Å². The van der Waals surface area contributed by atoms with Gasteiger partial charge in [0.2, 0.25) is 11.8 Å². The highest BCUT2D eigenvalue weighted by Gasteiger charge is 2.47. The number of carbonyl (C=O) groups excluding carboxylic acids is 2. The summed E-state index contributed by atoms with van der Waals surface area (Å²) in [6.07, 6.45) is 2.12.